The lowest BCUT2D eigenvalue weighted by Crippen LogP contribution is -2.34. The second kappa shape index (κ2) is 8.36. The van der Waals surface area contributed by atoms with Crippen molar-refractivity contribution >= 4 is 23.7 Å². The van der Waals surface area contributed by atoms with Crippen LogP contribution in [0.5, 0.6) is 0 Å². The maximum Gasteiger partial charge on any atom is 0.328 e. The summed E-state index contributed by atoms with van der Waals surface area (Å²) < 4.78 is 10.1. The molecule has 0 aliphatic carbocycles. The molecule has 0 aromatic heterocycles. The second-order valence-electron chi connectivity index (χ2n) is 5.39. The summed E-state index contributed by atoms with van der Waals surface area (Å²) >= 11 is 1.42. The van der Waals surface area contributed by atoms with Gasteiger partial charge >= 0.3 is 11.9 Å². The van der Waals surface area contributed by atoms with E-state index in [-0.39, 0.29) is 17.7 Å². The Hall–Kier alpha value is -1.53. The molecule has 0 amide bonds. The molecule has 2 atom stereocenters. The molecular formula is C17H23NO4S. The molecule has 1 aliphatic heterocycles. The minimum atomic E-state index is -0.608. The van der Waals surface area contributed by atoms with E-state index >= 15 is 0 Å². The third-order valence-electron chi connectivity index (χ3n) is 3.69. The summed E-state index contributed by atoms with van der Waals surface area (Å²) in [7, 11) is 0. The average molecular weight is 337 g/mol. The van der Waals surface area contributed by atoms with E-state index in [0.29, 0.717) is 32.1 Å². The Morgan fingerprint density at radius 2 is 1.87 bits per heavy atom. The van der Waals surface area contributed by atoms with Crippen molar-refractivity contribution in [2.45, 2.75) is 25.9 Å². The Bertz CT molecular complexity index is 537. The molecular weight excluding hydrogens is 314 g/mol. The van der Waals surface area contributed by atoms with Gasteiger partial charge in [-0.05, 0) is 19.4 Å². The first-order valence-corrected chi connectivity index (χ1v) is 8.97. The molecule has 1 aromatic carbocycles. The van der Waals surface area contributed by atoms with Gasteiger partial charge < -0.3 is 9.47 Å². The van der Waals surface area contributed by atoms with Crippen molar-refractivity contribution in [1.29, 1.82) is 0 Å². The maximum atomic E-state index is 12.3. The smallest absolute Gasteiger partial charge is 0.328 e. The van der Waals surface area contributed by atoms with Crippen LogP contribution >= 0.6 is 11.8 Å². The molecule has 2 unspecified atom stereocenters. The van der Waals surface area contributed by atoms with Crippen LogP contribution in [0.15, 0.2) is 30.3 Å². The number of ether oxygens (including phenoxy) is 2. The first-order valence-electron chi connectivity index (χ1n) is 7.82. The van der Waals surface area contributed by atoms with Gasteiger partial charge in [0.15, 0.2) is 0 Å². The van der Waals surface area contributed by atoms with E-state index in [1.807, 2.05) is 30.3 Å². The number of benzene rings is 1. The fourth-order valence-electron chi connectivity index (χ4n) is 2.45. The summed E-state index contributed by atoms with van der Waals surface area (Å²) in [5, 5.41) is 0. The van der Waals surface area contributed by atoms with Crippen LogP contribution in [0.2, 0.25) is 0 Å². The zero-order valence-corrected chi connectivity index (χ0v) is 14.4. The summed E-state index contributed by atoms with van der Waals surface area (Å²) in [6.45, 7) is 5.70. The standard InChI is InChI=1S/C17H23NO4S/c1-3-21-15(19)11-23-13-17(16(20)22-4-2)12-18(17)10-14-8-6-5-7-9-14/h5-9H,3-4,10-13H2,1-2H3. The molecule has 1 fully saturated rings. The van der Waals surface area contributed by atoms with E-state index in [9.17, 15) is 9.59 Å². The monoisotopic (exact) mass is 337 g/mol. The van der Waals surface area contributed by atoms with Crippen LogP contribution in [-0.2, 0) is 25.6 Å². The van der Waals surface area contributed by atoms with Crippen molar-refractivity contribution < 1.29 is 19.1 Å². The first-order chi connectivity index (χ1) is 11.1. The van der Waals surface area contributed by atoms with Gasteiger partial charge in [-0.2, -0.15) is 0 Å². The van der Waals surface area contributed by atoms with E-state index in [1.54, 1.807) is 13.8 Å². The van der Waals surface area contributed by atoms with Gasteiger partial charge in [0.25, 0.3) is 0 Å². The fourth-order valence-corrected chi connectivity index (χ4v) is 3.53. The van der Waals surface area contributed by atoms with Gasteiger partial charge in [-0.3, -0.25) is 9.69 Å². The number of esters is 2. The van der Waals surface area contributed by atoms with E-state index in [1.165, 1.54) is 11.8 Å². The first kappa shape index (κ1) is 17.8. The van der Waals surface area contributed by atoms with Crippen molar-refractivity contribution in [3.05, 3.63) is 35.9 Å². The lowest BCUT2D eigenvalue weighted by molar-refractivity contribution is -0.147. The zero-order chi connectivity index (χ0) is 16.7. The Balaban J connectivity index is 1.93. The normalized spacial score (nSPS) is 22.4. The quantitative estimate of drug-likeness (QED) is 0.508. The van der Waals surface area contributed by atoms with Crippen molar-refractivity contribution in [3.8, 4) is 0 Å². The lowest BCUT2D eigenvalue weighted by Gasteiger charge is -2.16. The molecule has 0 saturated carbocycles. The summed E-state index contributed by atoms with van der Waals surface area (Å²) in [5.74, 6) is 0.352. The van der Waals surface area contributed by atoms with Gasteiger partial charge in [0, 0.05) is 18.8 Å². The summed E-state index contributed by atoms with van der Waals surface area (Å²) in [6, 6.07) is 10.0. The molecule has 6 heteroatoms. The van der Waals surface area contributed by atoms with Crippen LogP contribution in [0.3, 0.4) is 0 Å². The Morgan fingerprint density at radius 3 is 2.52 bits per heavy atom. The number of hydrogen-bond acceptors (Lipinski definition) is 6. The van der Waals surface area contributed by atoms with Crippen molar-refractivity contribution in [2.24, 2.45) is 0 Å². The fraction of sp³-hybridized carbons (Fsp3) is 0.529. The highest BCUT2D eigenvalue weighted by atomic mass is 32.2. The van der Waals surface area contributed by atoms with Crippen LogP contribution in [0.25, 0.3) is 0 Å². The second-order valence-corrected chi connectivity index (χ2v) is 6.38. The van der Waals surface area contributed by atoms with Crippen molar-refractivity contribution in [3.63, 3.8) is 0 Å². The lowest BCUT2D eigenvalue weighted by atomic mass is 10.2. The molecule has 126 valence electrons. The predicted octanol–water partition coefficient (Wildman–Crippen LogP) is 2.10. The van der Waals surface area contributed by atoms with Gasteiger partial charge in [0.1, 0.15) is 5.54 Å². The summed E-state index contributed by atoms with van der Waals surface area (Å²) in [4.78, 5) is 25.9. The minimum Gasteiger partial charge on any atom is -0.465 e. The Kier molecular flexibility index (Phi) is 6.47. The molecule has 1 aliphatic rings. The van der Waals surface area contributed by atoms with Gasteiger partial charge in [-0.1, -0.05) is 30.3 Å². The van der Waals surface area contributed by atoms with Gasteiger partial charge in [-0.25, -0.2) is 4.79 Å². The van der Waals surface area contributed by atoms with Crippen LogP contribution in [0.4, 0.5) is 0 Å². The molecule has 0 bridgehead atoms. The van der Waals surface area contributed by atoms with Crippen LogP contribution in [0.1, 0.15) is 19.4 Å². The van der Waals surface area contributed by atoms with E-state index in [0.717, 1.165) is 5.56 Å². The number of carbonyl (C=O) groups is 2. The topological polar surface area (TPSA) is 55.6 Å². The van der Waals surface area contributed by atoms with Crippen molar-refractivity contribution in [1.82, 2.24) is 4.90 Å². The molecule has 5 nitrogen and oxygen atoms in total. The maximum absolute atomic E-state index is 12.3. The molecule has 1 saturated heterocycles. The third-order valence-corrected chi connectivity index (χ3v) is 4.81. The largest absolute Gasteiger partial charge is 0.465 e. The van der Waals surface area contributed by atoms with E-state index < -0.39 is 5.54 Å². The molecule has 1 heterocycles. The van der Waals surface area contributed by atoms with E-state index in [4.69, 9.17) is 9.47 Å². The van der Waals surface area contributed by atoms with Crippen LogP contribution in [0, 0.1) is 0 Å². The number of nitrogens with zero attached hydrogens (tertiary/aromatic N) is 1. The van der Waals surface area contributed by atoms with E-state index in [2.05, 4.69) is 4.90 Å². The summed E-state index contributed by atoms with van der Waals surface area (Å²) in [6.07, 6.45) is 0. The Morgan fingerprint density at radius 1 is 1.17 bits per heavy atom. The minimum absolute atomic E-state index is 0.202. The molecule has 0 N–H and O–H groups in total. The molecule has 2 rings (SSSR count). The Labute approximate surface area is 141 Å². The van der Waals surface area contributed by atoms with Gasteiger partial charge in [0.2, 0.25) is 0 Å². The highest BCUT2D eigenvalue weighted by Crippen LogP contribution is 2.38. The van der Waals surface area contributed by atoms with Crippen molar-refractivity contribution in [2.75, 3.05) is 31.3 Å². The highest BCUT2D eigenvalue weighted by molar-refractivity contribution is 8.00. The molecule has 0 radical (unpaired) electrons. The number of hydrogen-bond donors (Lipinski definition) is 0. The molecule has 1 aromatic rings. The SMILES string of the molecule is CCOC(=O)CSCC1(C(=O)OCC)CN1Cc1ccccc1. The van der Waals surface area contributed by atoms with Gasteiger partial charge in [-0.15, -0.1) is 11.8 Å². The molecule has 23 heavy (non-hydrogen) atoms. The third kappa shape index (κ3) is 4.72. The van der Waals surface area contributed by atoms with Crippen LogP contribution < -0.4 is 0 Å². The number of carbonyl (C=O) groups excluding carboxylic acids is 2. The molecule has 0 spiro atoms. The van der Waals surface area contributed by atoms with Gasteiger partial charge in [0.05, 0.1) is 19.0 Å². The summed E-state index contributed by atoms with van der Waals surface area (Å²) in [5.41, 5.74) is 0.553. The number of thioether (sulfide) groups is 1. The predicted molar refractivity (Wildman–Crippen MR) is 90.2 cm³/mol. The number of rotatable bonds is 9. The van der Waals surface area contributed by atoms with Crippen LogP contribution in [-0.4, -0.2) is 53.6 Å². The zero-order valence-electron chi connectivity index (χ0n) is 13.6. The average Bonchev–Trinajstić information content (AvgIpc) is 3.23. The highest BCUT2D eigenvalue weighted by Gasteiger charge is 2.59.